The highest BCUT2D eigenvalue weighted by Crippen LogP contribution is 2.41. The molecule has 2 heterocycles. The molecule has 1 aromatic rings. The Morgan fingerprint density at radius 2 is 1.96 bits per heavy atom. The molecule has 27 heavy (non-hydrogen) atoms. The fraction of sp³-hybridized carbons (Fsp3) is 0.500. The zero-order valence-corrected chi connectivity index (χ0v) is 16.1. The monoisotopic (exact) mass is 373 g/mol. The van der Waals surface area contributed by atoms with E-state index in [1.54, 1.807) is 11.6 Å². The van der Waals surface area contributed by atoms with Gasteiger partial charge in [-0.1, -0.05) is 18.2 Å². The number of likely N-dealkylation sites (tertiary alicyclic amines) is 1. The van der Waals surface area contributed by atoms with Gasteiger partial charge < -0.3 is 9.64 Å². The summed E-state index contributed by atoms with van der Waals surface area (Å²) in [6.07, 6.45) is 4.66. The molecular weight excluding hydrogens is 346 g/mol. The highest BCUT2D eigenvalue weighted by molar-refractivity contribution is 5.92. The van der Waals surface area contributed by atoms with Crippen LogP contribution in [0.2, 0.25) is 0 Å². The molecule has 0 bridgehead atoms. The Balaban J connectivity index is 1.72. The van der Waals surface area contributed by atoms with Crippen molar-refractivity contribution < 1.29 is 19.5 Å². The Bertz CT molecular complexity index is 748. The van der Waals surface area contributed by atoms with Gasteiger partial charge in [0.05, 0.1) is 5.54 Å². The Morgan fingerprint density at radius 1 is 1.26 bits per heavy atom. The second-order valence-corrected chi connectivity index (χ2v) is 8.18. The van der Waals surface area contributed by atoms with Crippen LogP contribution >= 0.6 is 0 Å². The Hall–Kier alpha value is -2.54. The topological polar surface area (TPSA) is 82.1 Å². The van der Waals surface area contributed by atoms with Gasteiger partial charge in [-0.15, -0.1) is 0 Å². The highest BCUT2D eigenvalue weighted by Gasteiger charge is 2.53. The molecule has 7 heteroatoms. The highest BCUT2D eigenvalue weighted by atomic mass is 16.6. The van der Waals surface area contributed by atoms with Crippen molar-refractivity contribution >= 4 is 23.8 Å². The van der Waals surface area contributed by atoms with E-state index >= 15 is 0 Å². The van der Waals surface area contributed by atoms with Gasteiger partial charge in [-0.2, -0.15) is 0 Å². The van der Waals surface area contributed by atoms with Crippen molar-refractivity contribution in [2.45, 2.75) is 44.8 Å². The van der Waals surface area contributed by atoms with Crippen LogP contribution in [0.3, 0.4) is 0 Å². The summed E-state index contributed by atoms with van der Waals surface area (Å²) in [5.41, 5.74) is 2.79. The molecule has 0 saturated carbocycles. The summed E-state index contributed by atoms with van der Waals surface area (Å²) in [4.78, 5) is 28.0. The lowest BCUT2D eigenvalue weighted by molar-refractivity contribution is -0.124. The van der Waals surface area contributed by atoms with Crippen molar-refractivity contribution in [3.63, 3.8) is 0 Å². The van der Waals surface area contributed by atoms with E-state index in [0.717, 1.165) is 43.7 Å². The molecule has 2 fully saturated rings. The van der Waals surface area contributed by atoms with Crippen molar-refractivity contribution in [2.24, 2.45) is 0 Å². The number of hydroxylamine groups is 1. The number of para-hydroxylation sites is 1. The Morgan fingerprint density at radius 3 is 2.63 bits per heavy atom. The summed E-state index contributed by atoms with van der Waals surface area (Å²) >= 11 is 0. The van der Waals surface area contributed by atoms with Crippen LogP contribution in [-0.4, -0.2) is 52.9 Å². The molecular formula is C20H27N3O4. The smallest absolute Gasteiger partial charge is 0.410 e. The first-order valence-corrected chi connectivity index (χ1v) is 9.21. The lowest BCUT2D eigenvalue weighted by atomic mass is 9.86. The van der Waals surface area contributed by atoms with E-state index in [-0.39, 0.29) is 11.6 Å². The van der Waals surface area contributed by atoms with Crippen molar-refractivity contribution in [3.8, 4) is 0 Å². The van der Waals surface area contributed by atoms with Crippen LogP contribution in [-0.2, 0) is 9.53 Å². The second-order valence-electron chi connectivity index (χ2n) is 8.18. The lowest BCUT2D eigenvalue weighted by Crippen LogP contribution is -2.69. The molecule has 0 aromatic heterocycles. The maximum absolute atomic E-state index is 12.6. The van der Waals surface area contributed by atoms with Crippen molar-refractivity contribution in [2.75, 3.05) is 24.5 Å². The van der Waals surface area contributed by atoms with Gasteiger partial charge in [0.2, 0.25) is 0 Å². The molecule has 0 radical (unpaired) electrons. The summed E-state index contributed by atoms with van der Waals surface area (Å²) in [5.74, 6) is -0.572. The Kier molecular flexibility index (Phi) is 5.15. The minimum Gasteiger partial charge on any atom is -0.444 e. The van der Waals surface area contributed by atoms with Crippen molar-refractivity contribution in [1.82, 2.24) is 10.4 Å². The van der Waals surface area contributed by atoms with Gasteiger partial charge in [0, 0.05) is 31.4 Å². The minimum absolute atomic E-state index is 0.179. The number of anilines is 1. The number of hydrogen-bond acceptors (Lipinski definition) is 5. The third kappa shape index (κ3) is 4.08. The minimum atomic E-state index is -0.572. The fourth-order valence-corrected chi connectivity index (χ4v) is 3.82. The van der Waals surface area contributed by atoms with Crippen molar-refractivity contribution in [3.05, 3.63) is 35.9 Å². The zero-order valence-electron chi connectivity index (χ0n) is 16.1. The van der Waals surface area contributed by atoms with Gasteiger partial charge in [0.1, 0.15) is 5.60 Å². The van der Waals surface area contributed by atoms with Crippen molar-refractivity contribution in [1.29, 1.82) is 0 Å². The molecule has 0 atom stereocenters. The third-order valence-corrected chi connectivity index (χ3v) is 4.98. The normalized spacial score (nSPS) is 18.7. The Labute approximate surface area is 159 Å². The number of carbonyl (C=O) groups excluding carboxylic acids is 2. The maximum atomic E-state index is 12.6. The van der Waals surface area contributed by atoms with E-state index < -0.39 is 11.5 Å². The van der Waals surface area contributed by atoms with Crippen LogP contribution < -0.4 is 10.4 Å². The van der Waals surface area contributed by atoms with E-state index in [1.807, 2.05) is 49.9 Å². The summed E-state index contributed by atoms with van der Waals surface area (Å²) in [5, 5.41) is 8.64. The van der Waals surface area contributed by atoms with Crippen LogP contribution in [0, 0.1) is 0 Å². The molecule has 3 rings (SSSR count). The largest absolute Gasteiger partial charge is 0.444 e. The number of benzene rings is 1. The number of ether oxygens (including phenoxy) is 1. The quantitative estimate of drug-likeness (QED) is 0.484. The standard InChI is InChI=1S/C20H27N3O4/c1-19(2,3)27-18(25)23-12-6-11-20(23)13-22(14-20)16-8-5-4-7-15(16)9-10-17(24)21-26/h4-5,7-10,26H,6,11-14H2,1-3H3,(H,21,24)/b10-9+. The molecule has 2 saturated heterocycles. The number of amides is 2. The van der Waals surface area contributed by atoms with E-state index in [4.69, 9.17) is 9.94 Å². The molecule has 1 aromatic carbocycles. The molecule has 0 aliphatic carbocycles. The maximum Gasteiger partial charge on any atom is 0.410 e. The predicted molar refractivity (Wildman–Crippen MR) is 103 cm³/mol. The lowest BCUT2D eigenvalue weighted by Gasteiger charge is -2.53. The summed E-state index contributed by atoms with van der Waals surface area (Å²) in [6, 6.07) is 7.76. The molecule has 2 aliphatic heterocycles. The predicted octanol–water partition coefficient (Wildman–Crippen LogP) is 2.79. The SMILES string of the molecule is CC(C)(C)OC(=O)N1CCCC12CN(c1ccccc1/C=C/C(=O)NO)C2. The van der Waals surface area contributed by atoms with Gasteiger partial charge in [0.25, 0.3) is 5.91 Å². The number of nitrogens with zero attached hydrogens (tertiary/aromatic N) is 2. The molecule has 2 N–H and O–H groups in total. The summed E-state index contributed by atoms with van der Waals surface area (Å²) in [7, 11) is 0. The second kappa shape index (κ2) is 7.23. The average molecular weight is 373 g/mol. The molecule has 2 amide bonds. The number of rotatable bonds is 3. The zero-order chi connectivity index (χ0) is 19.7. The number of nitrogens with one attached hydrogen (secondary N) is 1. The van der Waals surface area contributed by atoms with Gasteiger partial charge >= 0.3 is 6.09 Å². The van der Waals surface area contributed by atoms with Crippen LogP contribution in [0.5, 0.6) is 0 Å². The molecule has 2 aliphatic rings. The van der Waals surface area contributed by atoms with Crippen LogP contribution in [0.15, 0.2) is 30.3 Å². The first kappa shape index (κ1) is 19.2. The van der Waals surface area contributed by atoms with Crippen LogP contribution in [0.25, 0.3) is 6.08 Å². The van der Waals surface area contributed by atoms with Crippen LogP contribution in [0.1, 0.15) is 39.2 Å². The summed E-state index contributed by atoms with van der Waals surface area (Å²) < 4.78 is 5.58. The van der Waals surface area contributed by atoms with E-state index in [2.05, 4.69) is 4.90 Å². The van der Waals surface area contributed by atoms with Gasteiger partial charge in [0.15, 0.2) is 0 Å². The van der Waals surface area contributed by atoms with E-state index in [1.165, 1.54) is 6.08 Å². The van der Waals surface area contributed by atoms with Crippen LogP contribution in [0.4, 0.5) is 10.5 Å². The van der Waals surface area contributed by atoms with E-state index in [0.29, 0.717) is 0 Å². The third-order valence-electron chi connectivity index (χ3n) is 4.98. The van der Waals surface area contributed by atoms with Gasteiger partial charge in [-0.3, -0.25) is 14.9 Å². The number of carbonyl (C=O) groups is 2. The average Bonchev–Trinajstić information content (AvgIpc) is 3.02. The fourth-order valence-electron chi connectivity index (χ4n) is 3.82. The first-order valence-electron chi connectivity index (χ1n) is 9.21. The molecule has 0 unspecified atom stereocenters. The molecule has 1 spiro atoms. The van der Waals surface area contributed by atoms with Gasteiger partial charge in [-0.25, -0.2) is 10.3 Å². The molecule has 146 valence electrons. The molecule has 7 nitrogen and oxygen atoms in total. The summed E-state index contributed by atoms with van der Waals surface area (Å²) in [6.45, 7) is 7.84. The first-order chi connectivity index (χ1) is 12.7. The van der Waals surface area contributed by atoms with Gasteiger partial charge in [-0.05, 0) is 51.3 Å². The van der Waals surface area contributed by atoms with E-state index in [9.17, 15) is 9.59 Å². The number of hydrogen-bond donors (Lipinski definition) is 2.